The van der Waals surface area contributed by atoms with E-state index in [1.807, 2.05) is 24.3 Å². The van der Waals surface area contributed by atoms with E-state index < -0.39 is 0 Å². The van der Waals surface area contributed by atoms with Crippen molar-refractivity contribution in [1.82, 2.24) is 15.1 Å². The van der Waals surface area contributed by atoms with Crippen molar-refractivity contribution >= 4 is 5.91 Å². The van der Waals surface area contributed by atoms with E-state index in [0.717, 1.165) is 76.5 Å². The van der Waals surface area contributed by atoms with Gasteiger partial charge in [0.15, 0.2) is 0 Å². The molecule has 0 saturated carbocycles. The highest BCUT2D eigenvalue weighted by atomic mass is 16.5. The van der Waals surface area contributed by atoms with Gasteiger partial charge in [-0.1, -0.05) is 24.3 Å². The molecule has 0 radical (unpaired) electrons. The van der Waals surface area contributed by atoms with E-state index in [1.54, 1.807) is 14.2 Å². The number of nitrogens with zero attached hydrogens (tertiary/aromatic N) is 2. The van der Waals surface area contributed by atoms with Gasteiger partial charge in [-0.25, -0.2) is 0 Å². The van der Waals surface area contributed by atoms with E-state index in [-0.39, 0.29) is 11.9 Å². The fraction of sp³-hybridized carbons (Fsp3) is 0.519. The van der Waals surface area contributed by atoms with Crippen molar-refractivity contribution in [3.8, 4) is 11.5 Å². The first kappa shape index (κ1) is 23.6. The number of rotatable bonds is 9. The fourth-order valence-electron chi connectivity index (χ4n) is 4.98. The first-order valence-corrected chi connectivity index (χ1v) is 12.1. The molecule has 0 spiro atoms. The highest BCUT2D eigenvalue weighted by molar-refractivity contribution is 5.82. The minimum atomic E-state index is -0.0118. The summed E-state index contributed by atoms with van der Waals surface area (Å²) in [5, 5.41) is 3.27. The quantitative estimate of drug-likeness (QED) is 0.630. The molecule has 33 heavy (non-hydrogen) atoms. The summed E-state index contributed by atoms with van der Waals surface area (Å²) in [5.74, 6) is 2.53. The summed E-state index contributed by atoms with van der Waals surface area (Å²) in [6.45, 7) is 5.73. The SMILES string of the molecule is COc1ccc(CN2CCC(CNC(=O)C3CCCN3Cc3ccc(OC)cc3)CC2)cc1. The Morgan fingerprint density at radius 1 is 0.848 bits per heavy atom. The molecule has 2 aliphatic rings. The molecule has 4 rings (SSSR count). The average Bonchev–Trinajstić information content (AvgIpc) is 3.32. The number of nitrogens with one attached hydrogen (secondary N) is 1. The molecular weight excluding hydrogens is 414 g/mol. The molecule has 0 aromatic heterocycles. The number of likely N-dealkylation sites (tertiary alicyclic amines) is 2. The van der Waals surface area contributed by atoms with Crippen LogP contribution in [-0.2, 0) is 17.9 Å². The Balaban J connectivity index is 1.19. The average molecular weight is 452 g/mol. The number of methoxy groups -OCH3 is 2. The summed E-state index contributed by atoms with van der Waals surface area (Å²) in [4.78, 5) is 17.8. The number of carbonyl (C=O) groups excluding carboxylic acids is 1. The molecule has 2 aliphatic heterocycles. The predicted octanol–water partition coefficient (Wildman–Crippen LogP) is 3.70. The predicted molar refractivity (Wildman–Crippen MR) is 130 cm³/mol. The highest BCUT2D eigenvalue weighted by Gasteiger charge is 2.31. The molecular formula is C27H37N3O3. The maximum absolute atomic E-state index is 13.0. The van der Waals surface area contributed by atoms with Crippen molar-refractivity contribution < 1.29 is 14.3 Å². The molecule has 1 amide bonds. The van der Waals surface area contributed by atoms with Crippen LogP contribution in [0.1, 0.15) is 36.8 Å². The smallest absolute Gasteiger partial charge is 0.237 e. The molecule has 2 aromatic carbocycles. The fourth-order valence-corrected chi connectivity index (χ4v) is 4.98. The second-order valence-electron chi connectivity index (χ2n) is 9.29. The molecule has 2 saturated heterocycles. The monoisotopic (exact) mass is 451 g/mol. The summed E-state index contributed by atoms with van der Waals surface area (Å²) in [7, 11) is 3.38. The molecule has 0 aliphatic carbocycles. The van der Waals surface area contributed by atoms with Crippen LogP contribution < -0.4 is 14.8 Å². The zero-order chi connectivity index (χ0) is 23.0. The van der Waals surface area contributed by atoms with Crippen LogP contribution in [0, 0.1) is 5.92 Å². The lowest BCUT2D eigenvalue weighted by molar-refractivity contribution is -0.125. The lowest BCUT2D eigenvalue weighted by Crippen LogP contribution is -2.45. The van der Waals surface area contributed by atoms with Gasteiger partial charge >= 0.3 is 0 Å². The summed E-state index contributed by atoms with van der Waals surface area (Å²) in [6, 6.07) is 16.5. The first-order chi connectivity index (χ1) is 16.1. The Hall–Kier alpha value is -2.57. The molecule has 2 aromatic rings. The maximum atomic E-state index is 13.0. The number of carbonyl (C=O) groups is 1. The Morgan fingerprint density at radius 3 is 2.00 bits per heavy atom. The second-order valence-corrected chi connectivity index (χ2v) is 9.29. The third-order valence-corrected chi connectivity index (χ3v) is 7.05. The second kappa shape index (κ2) is 11.5. The van der Waals surface area contributed by atoms with Gasteiger partial charge in [0.25, 0.3) is 0 Å². The minimum Gasteiger partial charge on any atom is -0.497 e. The van der Waals surface area contributed by atoms with E-state index in [4.69, 9.17) is 9.47 Å². The van der Waals surface area contributed by atoms with Gasteiger partial charge in [0, 0.05) is 19.6 Å². The Labute approximate surface area is 197 Å². The van der Waals surface area contributed by atoms with Crippen molar-refractivity contribution in [1.29, 1.82) is 0 Å². The Bertz CT molecular complexity index is 876. The van der Waals surface area contributed by atoms with E-state index in [9.17, 15) is 4.79 Å². The van der Waals surface area contributed by atoms with E-state index in [1.165, 1.54) is 11.1 Å². The number of piperidine rings is 1. The first-order valence-electron chi connectivity index (χ1n) is 12.1. The third kappa shape index (κ3) is 6.49. The van der Waals surface area contributed by atoms with Gasteiger partial charge in [-0.15, -0.1) is 0 Å². The number of benzene rings is 2. The van der Waals surface area contributed by atoms with E-state index in [2.05, 4.69) is 39.4 Å². The molecule has 2 heterocycles. The van der Waals surface area contributed by atoms with Gasteiger partial charge in [-0.05, 0) is 86.6 Å². The van der Waals surface area contributed by atoms with Crippen LogP contribution in [0.4, 0.5) is 0 Å². The van der Waals surface area contributed by atoms with Gasteiger partial charge in [0.05, 0.1) is 20.3 Å². The van der Waals surface area contributed by atoms with Crippen LogP contribution in [0.25, 0.3) is 0 Å². The molecule has 6 nitrogen and oxygen atoms in total. The number of ether oxygens (including phenoxy) is 2. The van der Waals surface area contributed by atoms with Crippen molar-refractivity contribution in [2.24, 2.45) is 5.92 Å². The summed E-state index contributed by atoms with van der Waals surface area (Å²) in [5.41, 5.74) is 2.54. The standard InChI is InChI=1S/C27H37N3O3/c1-32-24-9-5-22(6-10-24)19-29-16-13-21(14-17-29)18-28-27(31)26-4-3-15-30(26)20-23-7-11-25(33-2)12-8-23/h5-12,21,26H,3-4,13-20H2,1-2H3,(H,28,31). The highest BCUT2D eigenvalue weighted by Crippen LogP contribution is 2.23. The number of hydrogen-bond acceptors (Lipinski definition) is 5. The van der Waals surface area contributed by atoms with Gasteiger partial charge < -0.3 is 14.8 Å². The van der Waals surface area contributed by atoms with Crippen molar-refractivity contribution in [3.05, 3.63) is 59.7 Å². The van der Waals surface area contributed by atoms with Crippen LogP contribution in [-0.4, -0.2) is 62.1 Å². The zero-order valence-corrected chi connectivity index (χ0v) is 20.0. The maximum Gasteiger partial charge on any atom is 0.237 e. The van der Waals surface area contributed by atoms with Crippen molar-refractivity contribution in [2.75, 3.05) is 40.4 Å². The normalized spacial score (nSPS) is 20.0. The number of hydrogen-bond donors (Lipinski definition) is 1. The molecule has 178 valence electrons. The zero-order valence-electron chi connectivity index (χ0n) is 20.0. The molecule has 0 bridgehead atoms. The Kier molecular flexibility index (Phi) is 8.24. The van der Waals surface area contributed by atoms with Gasteiger partial charge in [-0.2, -0.15) is 0 Å². The number of amides is 1. The molecule has 6 heteroatoms. The van der Waals surface area contributed by atoms with Crippen LogP contribution in [0.5, 0.6) is 11.5 Å². The van der Waals surface area contributed by atoms with E-state index >= 15 is 0 Å². The van der Waals surface area contributed by atoms with Crippen LogP contribution >= 0.6 is 0 Å². The largest absolute Gasteiger partial charge is 0.497 e. The summed E-state index contributed by atoms with van der Waals surface area (Å²) < 4.78 is 10.5. The molecule has 1 N–H and O–H groups in total. The summed E-state index contributed by atoms with van der Waals surface area (Å²) >= 11 is 0. The van der Waals surface area contributed by atoms with Crippen molar-refractivity contribution in [2.45, 2.75) is 44.8 Å². The van der Waals surface area contributed by atoms with E-state index in [0.29, 0.717) is 5.92 Å². The summed E-state index contributed by atoms with van der Waals surface area (Å²) in [6.07, 6.45) is 4.30. The van der Waals surface area contributed by atoms with Crippen molar-refractivity contribution in [3.63, 3.8) is 0 Å². The lowest BCUT2D eigenvalue weighted by atomic mass is 9.96. The van der Waals surface area contributed by atoms with Gasteiger partial charge in [0.2, 0.25) is 5.91 Å². The Morgan fingerprint density at radius 2 is 1.42 bits per heavy atom. The van der Waals surface area contributed by atoms with Crippen LogP contribution in [0.15, 0.2) is 48.5 Å². The molecule has 1 atom stereocenters. The van der Waals surface area contributed by atoms with Gasteiger partial charge in [-0.3, -0.25) is 14.6 Å². The minimum absolute atomic E-state index is 0.0118. The van der Waals surface area contributed by atoms with Gasteiger partial charge in [0.1, 0.15) is 11.5 Å². The van der Waals surface area contributed by atoms with Crippen LogP contribution in [0.2, 0.25) is 0 Å². The molecule has 2 fully saturated rings. The topological polar surface area (TPSA) is 54.0 Å². The van der Waals surface area contributed by atoms with Crippen LogP contribution in [0.3, 0.4) is 0 Å². The molecule has 1 unspecified atom stereocenters. The lowest BCUT2D eigenvalue weighted by Gasteiger charge is -2.32. The third-order valence-electron chi connectivity index (χ3n) is 7.05.